The van der Waals surface area contributed by atoms with Gasteiger partial charge in [-0.15, -0.1) is 0 Å². The van der Waals surface area contributed by atoms with E-state index in [9.17, 15) is 4.79 Å². The Balaban J connectivity index is 2.07. The number of carbonyl (C=O) groups is 1. The van der Waals surface area contributed by atoms with Gasteiger partial charge in [-0.05, 0) is 0 Å². The Bertz CT molecular complexity index is 968. The van der Waals surface area contributed by atoms with E-state index in [0.717, 1.165) is 11.2 Å². The number of rotatable bonds is 1. The van der Waals surface area contributed by atoms with Crippen LogP contribution < -0.4 is 0 Å². The Hall–Kier alpha value is -2.10. The molecule has 98 valence electrons. The Kier molecular flexibility index (Phi) is 2.46. The van der Waals surface area contributed by atoms with Crippen molar-refractivity contribution >= 4 is 45.7 Å². The van der Waals surface area contributed by atoms with Gasteiger partial charge in [-0.3, -0.25) is 0 Å². The molecule has 3 heterocycles. The van der Waals surface area contributed by atoms with Crippen molar-refractivity contribution in [1.82, 2.24) is 9.38 Å². The molecule has 4 aromatic rings. The third kappa shape index (κ3) is 1.54. The monoisotopic (exact) mass is 330 g/mol. The van der Waals surface area contributed by atoms with Crippen LogP contribution in [0.25, 0.3) is 25.2 Å². The zero-order valence-electron chi connectivity index (χ0n) is 10.7. The Morgan fingerprint density at radius 3 is 3.00 bits per heavy atom. The predicted octanol–water partition coefficient (Wildman–Crippen LogP) is 2.48. The average molecular weight is 329 g/mol. The molecule has 0 saturated carbocycles. The average Bonchev–Trinajstić information content (AvgIpc) is 3.01. The molecule has 0 saturated heterocycles. The van der Waals surface area contributed by atoms with Crippen LogP contribution in [0.15, 0.2) is 42.6 Å². The second kappa shape index (κ2) is 4.20. The molecule has 0 spiro atoms. The fourth-order valence-electron chi connectivity index (χ4n) is 2.40. The number of pyridine rings is 1. The van der Waals surface area contributed by atoms with E-state index in [4.69, 9.17) is 4.74 Å². The molecule has 1 aromatic carbocycles. The van der Waals surface area contributed by atoms with E-state index in [0.29, 0.717) is 5.56 Å². The third-order valence-corrected chi connectivity index (χ3v) is 5.78. The van der Waals surface area contributed by atoms with Gasteiger partial charge in [0.25, 0.3) is 0 Å². The second-order valence-electron chi connectivity index (χ2n) is 4.50. The summed E-state index contributed by atoms with van der Waals surface area (Å²) in [5, 5.41) is 1.21. The quantitative estimate of drug-likeness (QED) is 0.398. The molecule has 0 radical (unpaired) electrons. The minimum absolute atomic E-state index is 0.262. The van der Waals surface area contributed by atoms with Crippen LogP contribution in [-0.2, 0) is 4.74 Å². The molecule has 0 bridgehead atoms. The van der Waals surface area contributed by atoms with Gasteiger partial charge in [-0.25, -0.2) is 0 Å². The van der Waals surface area contributed by atoms with Crippen LogP contribution in [0.1, 0.15) is 10.4 Å². The molecule has 4 rings (SSSR count). The molecule has 4 nitrogen and oxygen atoms in total. The molecule has 0 amide bonds. The number of ether oxygens (including phenoxy) is 1. The van der Waals surface area contributed by atoms with Gasteiger partial charge >= 0.3 is 120 Å². The maximum absolute atomic E-state index is 11.6. The Morgan fingerprint density at radius 2 is 2.15 bits per heavy atom. The van der Waals surface area contributed by atoms with E-state index in [1.165, 1.54) is 21.1 Å². The number of hydrogen-bond acceptors (Lipinski definition) is 3. The van der Waals surface area contributed by atoms with Gasteiger partial charge < -0.3 is 0 Å². The fraction of sp³-hybridized carbons (Fsp3) is 0.0667. The van der Waals surface area contributed by atoms with Crippen LogP contribution in [0.2, 0.25) is 0 Å². The summed E-state index contributed by atoms with van der Waals surface area (Å²) in [6, 6.07) is 11.9. The first-order chi connectivity index (χ1) is 9.78. The molecule has 5 heteroatoms. The molecule has 0 atom stereocenters. The summed E-state index contributed by atoms with van der Waals surface area (Å²) in [5.74, 6) is -0.332. The summed E-state index contributed by atoms with van der Waals surface area (Å²) in [6.07, 6.45) is 1.90. The minimum atomic E-state index is -0.332. The van der Waals surface area contributed by atoms with Gasteiger partial charge in [0.1, 0.15) is 0 Å². The van der Waals surface area contributed by atoms with E-state index >= 15 is 0 Å². The maximum atomic E-state index is 11.6. The number of hydrogen-bond donors (Lipinski definition) is 0. The van der Waals surface area contributed by atoms with Crippen molar-refractivity contribution in [3.63, 3.8) is 0 Å². The van der Waals surface area contributed by atoms with E-state index in [2.05, 4.69) is 27.6 Å². The number of esters is 1. The molecular formula is C15H10N2O2Se. The number of benzene rings is 1. The molecule has 0 unspecified atom stereocenters. The zero-order chi connectivity index (χ0) is 13.7. The number of imidazole rings is 1. The molecule has 0 aliphatic heterocycles. The molecule has 0 N–H and O–H groups in total. The van der Waals surface area contributed by atoms with Crippen LogP contribution in [-0.4, -0.2) is 37.0 Å². The van der Waals surface area contributed by atoms with Crippen LogP contribution in [0.4, 0.5) is 0 Å². The van der Waals surface area contributed by atoms with Crippen molar-refractivity contribution in [2.45, 2.75) is 0 Å². The summed E-state index contributed by atoms with van der Waals surface area (Å²) in [7, 11) is 1.39. The van der Waals surface area contributed by atoms with Crippen LogP contribution in [0, 0.1) is 0 Å². The van der Waals surface area contributed by atoms with Crippen LogP contribution in [0.5, 0.6) is 0 Å². The first-order valence-electron chi connectivity index (χ1n) is 6.15. The Labute approximate surface area is 120 Å². The van der Waals surface area contributed by atoms with Gasteiger partial charge in [-0.2, -0.15) is 0 Å². The third-order valence-electron chi connectivity index (χ3n) is 3.35. The number of fused-ring (bicyclic) bond motifs is 5. The zero-order valence-corrected chi connectivity index (χ0v) is 12.4. The van der Waals surface area contributed by atoms with E-state index < -0.39 is 0 Å². The van der Waals surface area contributed by atoms with Gasteiger partial charge in [-0.1, -0.05) is 0 Å². The number of aromatic nitrogens is 2. The van der Waals surface area contributed by atoms with Crippen molar-refractivity contribution in [3.8, 4) is 0 Å². The Morgan fingerprint density at radius 1 is 1.30 bits per heavy atom. The van der Waals surface area contributed by atoms with Crippen LogP contribution in [0.3, 0.4) is 0 Å². The number of methoxy groups -OCH3 is 1. The molecule has 20 heavy (non-hydrogen) atoms. The van der Waals surface area contributed by atoms with E-state index in [1.54, 1.807) is 12.1 Å². The van der Waals surface area contributed by atoms with Crippen molar-refractivity contribution in [2.24, 2.45) is 0 Å². The first-order valence-corrected chi connectivity index (χ1v) is 7.87. The molecule has 3 aromatic heterocycles. The van der Waals surface area contributed by atoms with Gasteiger partial charge in [0.05, 0.1) is 0 Å². The number of carbonyl (C=O) groups excluding carboxylic acids is 1. The standard InChI is InChI=1S/C15H10N2O2Se/c1-19-15(18)9-6-7-17-12(8-9)16-13-10-4-2-3-5-11(10)20-14(13)17/h2-8H,1H3. The molecule has 0 aliphatic rings. The molecule has 0 fully saturated rings. The number of nitrogens with zero attached hydrogens (tertiary/aromatic N) is 2. The molecular weight excluding hydrogens is 319 g/mol. The van der Waals surface area contributed by atoms with Gasteiger partial charge in [0.2, 0.25) is 0 Å². The molecule has 0 aliphatic carbocycles. The summed E-state index contributed by atoms with van der Waals surface area (Å²) in [4.78, 5) is 16.3. The SMILES string of the molecule is COC(=O)c1ccn2c(c1)nc1c3ccccc3[se]c12. The van der Waals surface area contributed by atoms with Crippen LogP contribution >= 0.6 is 0 Å². The summed E-state index contributed by atoms with van der Waals surface area (Å²) >= 11 is 0.262. The fourth-order valence-corrected chi connectivity index (χ4v) is 4.78. The summed E-state index contributed by atoms with van der Waals surface area (Å²) in [5.41, 5.74) is 2.38. The predicted molar refractivity (Wildman–Crippen MR) is 78.5 cm³/mol. The van der Waals surface area contributed by atoms with Crippen molar-refractivity contribution < 1.29 is 9.53 Å². The van der Waals surface area contributed by atoms with E-state index in [1.807, 2.05) is 12.3 Å². The van der Waals surface area contributed by atoms with Gasteiger partial charge in [0.15, 0.2) is 0 Å². The summed E-state index contributed by atoms with van der Waals surface area (Å²) in [6.45, 7) is 0. The van der Waals surface area contributed by atoms with Gasteiger partial charge in [0, 0.05) is 0 Å². The van der Waals surface area contributed by atoms with Crippen molar-refractivity contribution in [1.29, 1.82) is 0 Å². The van der Waals surface area contributed by atoms with Crippen molar-refractivity contribution in [2.75, 3.05) is 7.11 Å². The normalized spacial score (nSPS) is 11.4. The summed E-state index contributed by atoms with van der Waals surface area (Å²) < 4.78 is 9.42. The second-order valence-corrected chi connectivity index (χ2v) is 6.66. The first kappa shape index (κ1) is 11.7. The van der Waals surface area contributed by atoms with E-state index in [-0.39, 0.29) is 20.5 Å². The topological polar surface area (TPSA) is 43.6 Å². The van der Waals surface area contributed by atoms with Crippen molar-refractivity contribution in [3.05, 3.63) is 48.2 Å².